The Morgan fingerprint density at radius 1 is 1.08 bits per heavy atom. The molecule has 1 heterocycles. The first-order valence-corrected chi connectivity index (χ1v) is 9.47. The van der Waals surface area contributed by atoms with Gasteiger partial charge in [0.1, 0.15) is 0 Å². The molecule has 1 N–H and O–H groups in total. The van der Waals surface area contributed by atoms with Crippen LogP contribution in [0.1, 0.15) is 27.9 Å². The molecule has 3 rings (SSSR count). The Morgan fingerprint density at radius 3 is 2.38 bits per heavy atom. The molecule has 0 spiro atoms. The van der Waals surface area contributed by atoms with Crippen molar-refractivity contribution in [1.29, 1.82) is 0 Å². The zero-order valence-corrected chi connectivity index (χ0v) is 14.6. The van der Waals surface area contributed by atoms with Gasteiger partial charge in [-0.15, -0.1) is 0 Å². The first-order chi connectivity index (χ1) is 11.4. The predicted molar refractivity (Wildman–Crippen MR) is 96.1 cm³/mol. The van der Waals surface area contributed by atoms with Gasteiger partial charge in [-0.2, -0.15) is 0 Å². The Hall–Kier alpha value is -2.34. The molecule has 5 nitrogen and oxygen atoms in total. The van der Waals surface area contributed by atoms with Crippen molar-refractivity contribution in [2.45, 2.75) is 20.3 Å². The number of nitrogens with one attached hydrogen (secondary N) is 1. The minimum Gasteiger partial charge on any atom is -0.322 e. The smallest absolute Gasteiger partial charge is 0.255 e. The normalized spacial score (nSPS) is 16.2. The summed E-state index contributed by atoms with van der Waals surface area (Å²) in [5.74, 6) is 0.0115. The number of aryl methyl sites for hydroxylation is 2. The van der Waals surface area contributed by atoms with Gasteiger partial charge in [-0.25, -0.2) is 8.42 Å². The van der Waals surface area contributed by atoms with Crippen molar-refractivity contribution in [2.75, 3.05) is 21.9 Å². The molecule has 0 aliphatic carbocycles. The van der Waals surface area contributed by atoms with Gasteiger partial charge in [-0.1, -0.05) is 17.7 Å². The molecule has 6 heteroatoms. The van der Waals surface area contributed by atoms with Crippen LogP contribution in [0.3, 0.4) is 0 Å². The van der Waals surface area contributed by atoms with E-state index >= 15 is 0 Å². The van der Waals surface area contributed by atoms with E-state index in [4.69, 9.17) is 0 Å². The van der Waals surface area contributed by atoms with Crippen LogP contribution in [0.2, 0.25) is 0 Å². The minimum absolute atomic E-state index is 0.181. The number of rotatable bonds is 3. The third-order valence-electron chi connectivity index (χ3n) is 4.16. The maximum Gasteiger partial charge on any atom is 0.255 e. The Morgan fingerprint density at radius 2 is 1.79 bits per heavy atom. The molecule has 0 aromatic heterocycles. The van der Waals surface area contributed by atoms with E-state index in [9.17, 15) is 13.2 Å². The summed E-state index contributed by atoms with van der Waals surface area (Å²) in [5.41, 5.74) is 3.85. The van der Waals surface area contributed by atoms with Crippen LogP contribution in [0.25, 0.3) is 0 Å². The molecule has 0 radical (unpaired) electrons. The average molecular weight is 344 g/mol. The monoisotopic (exact) mass is 344 g/mol. The zero-order chi connectivity index (χ0) is 17.3. The van der Waals surface area contributed by atoms with Gasteiger partial charge >= 0.3 is 0 Å². The van der Waals surface area contributed by atoms with Gasteiger partial charge in [0, 0.05) is 17.8 Å². The molecule has 0 unspecified atom stereocenters. The van der Waals surface area contributed by atoms with E-state index in [0.29, 0.717) is 29.9 Å². The largest absolute Gasteiger partial charge is 0.322 e. The topological polar surface area (TPSA) is 66.5 Å². The number of nitrogens with zero attached hydrogens (tertiary/aromatic N) is 1. The second kappa shape index (κ2) is 6.28. The SMILES string of the molecule is Cc1ccc(C(=O)Nc2ccc(N3CCCS3(=O)=O)cc2C)cc1. The summed E-state index contributed by atoms with van der Waals surface area (Å²) < 4.78 is 25.4. The first-order valence-electron chi connectivity index (χ1n) is 7.86. The highest BCUT2D eigenvalue weighted by Crippen LogP contribution is 2.28. The molecule has 2 aromatic carbocycles. The van der Waals surface area contributed by atoms with Crippen LogP contribution in [0.15, 0.2) is 42.5 Å². The number of carbonyl (C=O) groups is 1. The number of hydrogen-bond donors (Lipinski definition) is 1. The highest BCUT2D eigenvalue weighted by Gasteiger charge is 2.28. The highest BCUT2D eigenvalue weighted by molar-refractivity contribution is 7.93. The summed E-state index contributed by atoms with van der Waals surface area (Å²) in [6.07, 6.45) is 0.646. The first kappa shape index (κ1) is 16.5. The molecule has 1 saturated heterocycles. The Balaban J connectivity index is 1.80. The van der Waals surface area contributed by atoms with E-state index in [-0.39, 0.29) is 11.7 Å². The van der Waals surface area contributed by atoms with Gasteiger partial charge < -0.3 is 5.32 Å². The van der Waals surface area contributed by atoms with Crippen LogP contribution in [0.5, 0.6) is 0 Å². The number of sulfonamides is 1. The molecular formula is C18H20N2O3S. The lowest BCUT2D eigenvalue weighted by molar-refractivity contribution is 0.102. The Bertz CT molecular complexity index is 874. The van der Waals surface area contributed by atoms with Crippen LogP contribution in [0, 0.1) is 13.8 Å². The van der Waals surface area contributed by atoms with Crippen LogP contribution < -0.4 is 9.62 Å². The zero-order valence-electron chi connectivity index (χ0n) is 13.7. The lowest BCUT2D eigenvalue weighted by Crippen LogP contribution is -2.25. The molecule has 1 aliphatic heterocycles. The van der Waals surface area contributed by atoms with Crippen molar-refractivity contribution < 1.29 is 13.2 Å². The fraction of sp³-hybridized carbons (Fsp3) is 0.278. The maximum absolute atomic E-state index is 12.3. The summed E-state index contributed by atoms with van der Waals surface area (Å²) in [7, 11) is -3.19. The number of benzene rings is 2. The second-order valence-corrected chi connectivity index (χ2v) is 8.07. The van der Waals surface area contributed by atoms with Gasteiger partial charge in [0.2, 0.25) is 10.0 Å². The van der Waals surface area contributed by atoms with Gasteiger partial charge in [0.05, 0.1) is 11.4 Å². The van der Waals surface area contributed by atoms with E-state index in [0.717, 1.165) is 11.1 Å². The predicted octanol–water partition coefficient (Wildman–Crippen LogP) is 3.10. The van der Waals surface area contributed by atoms with Crippen molar-refractivity contribution in [3.05, 3.63) is 59.2 Å². The van der Waals surface area contributed by atoms with E-state index in [1.54, 1.807) is 30.3 Å². The van der Waals surface area contributed by atoms with E-state index in [1.165, 1.54) is 4.31 Å². The standard InChI is InChI=1S/C18H20N2O3S/c1-13-4-6-15(7-5-13)18(21)19-17-9-8-16(12-14(17)2)20-10-3-11-24(20,22)23/h4-9,12H,3,10-11H2,1-2H3,(H,19,21). The van der Waals surface area contributed by atoms with Crippen LogP contribution in [0.4, 0.5) is 11.4 Å². The van der Waals surface area contributed by atoms with Gasteiger partial charge in [-0.3, -0.25) is 9.10 Å². The molecule has 0 atom stereocenters. The lowest BCUT2D eigenvalue weighted by atomic mass is 10.1. The van der Waals surface area contributed by atoms with Gasteiger partial charge in [0.15, 0.2) is 0 Å². The van der Waals surface area contributed by atoms with Crippen molar-refractivity contribution in [3.8, 4) is 0 Å². The molecule has 1 aliphatic rings. The summed E-state index contributed by atoms with van der Waals surface area (Å²) in [5, 5.41) is 2.88. The molecule has 2 aromatic rings. The molecule has 126 valence electrons. The third kappa shape index (κ3) is 3.28. The fourth-order valence-electron chi connectivity index (χ4n) is 2.77. The summed E-state index contributed by atoms with van der Waals surface area (Å²) >= 11 is 0. The second-order valence-electron chi connectivity index (χ2n) is 6.06. The summed E-state index contributed by atoms with van der Waals surface area (Å²) in [6, 6.07) is 12.6. The average Bonchev–Trinajstić information content (AvgIpc) is 2.89. The number of amides is 1. The molecule has 0 saturated carbocycles. The fourth-order valence-corrected chi connectivity index (χ4v) is 4.33. The maximum atomic E-state index is 12.3. The highest BCUT2D eigenvalue weighted by atomic mass is 32.2. The third-order valence-corrected chi connectivity index (χ3v) is 6.03. The van der Waals surface area contributed by atoms with Crippen molar-refractivity contribution in [3.63, 3.8) is 0 Å². The van der Waals surface area contributed by atoms with Gasteiger partial charge in [-0.05, 0) is 56.2 Å². The minimum atomic E-state index is -3.19. The molecule has 1 amide bonds. The lowest BCUT2D eigenvalue weighted by Gasteiger charge is -2.18. The number of carbonyl (C=O) groups excluding carboxylic acids is 1. The number of hydrogen-bond acceptors (Lipinski definition) is 3. The van der Waals surface area contributed by atoms with E-state index < -0.39 is 10.0 Å². The quantitative estimate of drug-likeness (QED) is 0.930. The van der Waals surface area contributed by atoms with Crippen LogP contribution >= 0.6 is 0 Å². The van der Waals surface area contributed by atoms with Crippen LogP contribution in [-0.4, -0.2) is 26.6 Å². The van der Waals surface area contributed by atoms with Gasteiger partial charge in [0.25, 0.3) is 5.91 Å². The molecule has 0 bridgehead atoms. The van der Waals surface area contributed by atoms with E-state index in [1.807, 2.05) is 26.0 Å². The molecular weight excluding hydrogens is 324 g/mol. The molecule has 24 heavy (non-hydrogen) atoms. The Kier molecular flexibility index (Phi) is 4.32. The van der Waals surface area contributed by atoms with E-state index in [2.05, 4.69) is 5.32 Å². The van der Waals surface area contributed by atoms with Crippen molar-refractivity contribution >= 4 is 27.3 Å². The summed E-state index contributed by atoms with van der Waals surface area (Å²) in [4.78, 5) is 12.3. The molecule has 1 fully saturated rings. The van der Waals surface area contributed by atoms with Crippen molar-refractivity contribution in [2.24, 2.45) is 0 Å². The Labute approximate surface area is 142 Å². The van der Waals surface area contributed by atoms with Crippen molar-refractivity contribution in [1.82, 2.24) is 0 Å². The summed E-state index contributed by atoms with van der Waals surface area (Å²) in [6.45, 7) is 4.34. The van der Waals surface area contributed by atoms with Crippen LogP contribution in [-0.2, 0) is 10.0 Å². The number of anilines is 2.